The number of anilines is 2. The van der Waals surface area contributed by atoms with Crippen molar-refractivity contribution in [2.24, 2.45) is 11.8 Å². The Bertz CT molecular complexity index is 1390. The standard InChI is InChI=1S/C30H34F2N4O6/c1-17-12-23(35-26(13-17)36-25-14-20(27(31)32)10-11-33-25)21-6-9-24(34-15-21)30(3,40)22-7-4-19(5-8-22)29(39)42-16-41-28(38)18(2)37/h6,9-15,18-19,22,27,37,40H,4-5,7-8,16H2,1-3H3,(H,33,35,36)/t18-,19?,22?,30-/m1/s1. The zero-order valence-corrected chi connectivity index (χ0v) is 23.6. The molecule has 3 aromatic heterocycles. The first kappa shape index (κ1) is 30.9. The van der Waals surface area contributed by atoms with Crippen molar-refractivity contribution in [1.82, 2.24) is 15.0 Å². The first-order valence-corrected chi connectivity index (χ1v) is 13.6. The van der Waals surface area contributed by atoms with Crippen LogP contribution in [0.25, 0.3) is 11.3 Å². The third-order valence-electron chi connectivity index (χ3n) is 7.44. The van der Waals surface area contributed by atoms with Gasteiger partial charge in [0.25, 0.3) is 6.43 Å². The number of alkyl halides is 2. The van der Waals surface area contributed by atoms with E-state index in [1.807, 2.05) is 19.1 Å². The highest BCUT2D eigenvalue weighted by molar-refractivity contribution is 5.75. The molecule has 224 valence electrons. The van der Waals surface area contributed by atoms with Crippen molar-refractivity contribution in [1.29, 1.82) is 0 Å². The van der Waals surface area contributed by atoms with Crippen LogP contribution in [0.4, 0.5) is 20.4 Å². The van der Waals surface area contributed by atoms with Gasteiger partial charge in [0.15, 0.2) is 0 Å². The van der Waals surface area contributed by atoms with Crippen LogP contribution >= 0.6 is 0 Å². The van der Waals surface area contributed by atoms with Gasteiger partial charge in [-0.15, -0.1) is 0 Å². The highest BCUT2D eigenvalue weighted by atomic mass is 19.3. The Labute approximate surface area is 242 Å². The Morgan fingerprint density at radius 2 is 1.81 bits per heavy atom. The fourth-order valence-corrected chi connectivity index (χ4v) is 4.99. The van der Waals surface area contributed by atoms with E-state index in [0.717, 1.165) is 5.56 Å². The minimum absolute atomic E-state index is 0.141. The Balaban J connectivity index is 1.38. The average Bonchev–Trinajstić information content (AvgIpc) is 2.97. The van der Waals surface area contributed by atoms with Crippen LogP contribution in [0.3, 0.4) is 0 Å². The molecule has 3 heterocycles. The molecule has 1 fully saturated rings. The summed E-state index contributed by atoms with van der Waals surface area (Å²) in [6.45, 7) is 4.31. The normalized spacial score (nSPS) is 19.0. The lowest BCUT2D eigenvalue weighted by atomic mass is 9.73. The predicted molar refractivity (Wildman–Crippen MR) is 148 cm³/mol. The number of nitrogens with zero attached hydrogens (tertiary/aromatic N) is 3. The van der Waals surface area contributed by atoms with Gasteiger partial charge in [0.1, 0.15) is 23.3 Å². The lowest BCUT2D eigenvalue weighted by Gasteiger charge is -2.37. The molecule has 0 bridgehead atoms. The summed E-state index contributed by atoms with van der Waals surface area (Å²) in [5.41, 5.74) is 1.31. The number of aromatic nitrogens is 3. The largest absolute Gasteiger partial charge is 0.428 e. The number of aryl methyl sites for hydroxylation is 1. The van der Waals surface area contributed by atoms with Crippen LogP contribution in [0.2, 0.25) is 0 Å². The molecule has 10 nitrogen and oxygen atoms in total. The van der Waals surface area contributed by atoms with E-state index in [-0.39, 0.29) is 23.2 Å². The Morgan fingerprint density at radius 1 is 1.07 bits per heavy atom. The van der Waals surface area contributed by atoms with Crippen molar-refractivity contribution in [3.8, 4) is 11.3 Å². The zero-order chi connectivity index (χ0) is 30.4. The maximum Gasteiger partial charge on any atom is 0.337 e. The van der Waals surface area contributed by atoms with Gasteiger partial charge in [0, 0.05) is 23.5 Å². The molecule has 42 heavy (non-hydrogen) atoms. The third-order valence-corrected chi connectivity index (χ3v) is 7.44. The van der Waals surface area contributed by atoms with Gasteiger partial charge in [0.05, 0.1) is 17.3 Å². The number of aliphatic hydroxyl groups is 2. The number of hydrogen-bond donors (Lipinski definition) is 3. The van der Waals surface area contributed by atoms with Crippen LogP contribution in [0.5, 0.6) is 0 Å². The molecule has 3 aromatic rings. The van der Waals surface area contributed by atoms with Crippen molar-refractivity contribution in [2.45, 2.75) is 64.6 Å². The number of halogens is 2. The first-order valence-electron chi connectivity index (χ1n) is 13.6. The van der Waals surface area contributed by atoms with Gasteiger partial charge in [-0.25, -0.2) is 23.5 Å². The second-order valence-electron chi connectivity index (χ2n) is 10.7. The van der Waals surface area contributed by atoms with E-state index in [2.05, 4.69) is 25.0 Å². The quantitative estimate of drug-likeness (QED) is 0.221. The number of rotatable bonds is 10. The molecule has 0 saturated heterocycles. The monoisotopic (exact) mass is 584 g/mol. The SMILES string of the molecule is Cc1cc(Nc2cc(C(F)F)ccn2)nc(-c2ccc([C@](C)(O)C3CCC(C(=O)OCOC(=O)[C@@H](C)O)CC3)nc2)c1. The molecule has 0 aliphatic heterocycles. The molecule has 1 aliphatic rings. The second-order valence-corrected chi connectivity index (χ2v) is 10.7. The summed E-state index contributed by atoms with van der Waals surface area (Å²) < 4.78 is 35.8. The highest BCUT2D eigenvalue weighted by Crippen LogP contribution is 2.41. The Kier molecular flexibility index (Phi) is 9.79. The summed E-state index contributed by atoms with van der Waals surface area (Å²) in [6, 6.07) is 9.75. The van der Waals surface area contributed by atoms with E-state index in [1.54, 1.807) is 25.3 Å². The summed E-state index contributed by atoms with van der Waals surface area (Å²) >= 11 is 0. The number of carbonyl (C=O) groups excluding carboxylic acids is 2. The molecule has 2 atom stereocenters. The van der Waals surface area contributed by atoms with Gasteiger partial charge < -0.3 is 25.0 Å². The molecule has 0 amide bonds. The zero-order valence-electron chi connectivity index (χ0n) is 23.6. The van der Waals surface area contributed by atoms with E-state index >= 15 is 0 Å². The lowest BCUT2D eigenvalue weighted by molar-refractivity contribution is -0.176. The number of aliphatic hydroxyl groups excluding tert-OH is 1. The molecule has 12 heteroatoms. The lowest BCUT2D eigenvalue weighted by Crippen LogP contribution is -2.37. The smallest absolute Gasteiger partial charge is 0.337 e. The Hall–Kier alpha value is -4.03. The van der Waals surface area contributed by atoms with E-state index in [0.29, 0.717) is 48.5 Å². The number of hydrogen-bond acceptors (Lipinski definition) is 10. The van der Waals surface area contributed by atoms with Crippen molar-refractivity contribution in [3.63, 3.8) is 0 Å². The fraction of sp³-hybridized carbons (Fsp3) is 0.433. The summed E-state index contributed by atoms with van der Waals surface area (Å²) in [4.78, 5) is 36.9. The van der Waals surface area contributed by atoms with Crippen LogP contribution < -0.4 is 5.32 Å². The molecule has 0 unspecified atom stereocenters. The van der Waals surface area contributed by atoms with Crippen molar-refractivity contribution >= 4 is 23.6 Å². The van der Waals surface area contributed by atoms with Crippen LogP contribution in [-0.2, 0) is 24.7 Å². The Morgan fingerprint density at radius 3 is 2.45 bits per heavy atom. The van der Waals surface area contributed by atoms with Crippen LogP contribution in [0, 0.1) is 18.8 Å². The molecule has 0 radical (unpaired) electrons. The summed E-state index contributed by atoms with van der Waals surface area (Å²) in [5, 5.41) is 23.5. The van der Waals surface area contributed by atoms with Crippen molar-refractivity contribution in [2.75, 3.05) is 12.1 Å². The van der Waals surface area contributed by atoms with E-state index < -0.39 is 36.9 Å². The predicted octanol–water partition coefficient (Wildman–Crippen LogP) is 4.97. The highest BCUT2D eigenvalue weighted by Gasteiger charge is 2.39. The maximum atomic E-state index is 13.1. The van der Waals surface area contributed by atoms with Gasteiger partial charge in [-0.2, -0.15) is 0 Å². The van der Waals surface area contributed by atoms with Gasteiger partial charge in [0.2, 0.25) is 6.79 Å². The molecule has 0 spiro atoms. The van der Waals surface area contributed by atoms with E-state index in [1.165, 1.54) is 25.3 Å². The molecular formula is C30H34F2N4O6. The minimum atomic E-state index is -2.61. The number of pyridine rings is 3. The summed E-state index contributed by atoms with van der Waals surface area (Å²) in [5.74, 6) is -1.17. The fourth-order valence-electron chi connectivity index (χ4n) is 4.99. The topological polar surface area (TPSA) is 144 Å². The molecule has 4 rings (SSSR count). The molecule has 0 aromatic carbocycles. The van der Waals surface area contributed by atoms with Gasteiger partial charge in [-0.3, -0.25) is 9.78 Å². The number of ether oxygens (including phenoxy) is 2. The second kappa shape index (κ2) is 13.3. The molecule has 1 aliphatic carbocycles. The van der Waals surface area contributed by atoms with Gasteiger partial charge in [-0.05, 0) is 94.3 Å². The first-order chi connectivity index (χ1) is 19.9. The van der Waals surface area contributed by atoms with Crippen LogP contribution in [0.15, 0.2) is 48.8 Å². The van der Waals surface area contributed by atoms with Crippen LogP contribution in [0.1, 0.15) is 62.8 Å². The van der Waals surface area contributed by atoms with Gasteiger partial charge in [-0.1, -0.05) is 0 Å². The van der Waals surface area contributed by atoms with Crippen molar-refractivity contribution < 1.29 is 38.1 Å². The average molecular weight is 585 g/mol. The number of carbonyl (C=O) groups is 2. The van der Waals surface area contributed by atoms with Gasteiger partial charge >= 0.3 is 11.9 Å². The minimum Gasteiger partial charge on any atom is -0.428 e. The van der Waals surface area contributed by atoms with E-state index in [4.69, 9.17) is 9.84 Å². The summed E-state index contributed by atoms with van der Waals surface area (Å²) in [7, 11) is 0. The molecule has 3 N–H and O–H groups in total. The van der Waals surface area contributed by atoms with Crippen LogP contribution in [-0.4, -0.2) is 50.0 Å². The van der Waals surface area contributed by atoms with E-state index in [9.17, 15) is 23.5 Å². The molecule has 1 saturated carbocycles. The number of nitrogens with one attached hydrogen (secondary N) is 1. The van der Waals surface area contributed by atoms with Crippen molar-refractivity contribution in [3.05, 3.63) is 65.6 Å². The summed E-state index contributed by atoms with van der Waals surface area (Å²) in [6.07, 6.45) is 1.17. The molecular weight excluding hydrogens is 550 g/mol. The maximum absolute atomic E-state index is 13.1. The number of esters is 2. The third kappa shape index (κ3) is 7.62.